The van der Waals surface area contributed by atoms with E-state index in [9.17, 15) is 4.79 Å². The Labute approximate surface area is 90.9 Å². The number of likely N-dealkylation sites (tertiary alicyclic amines) is 1. The SMILES string of the molecule is Cc1ccccc1CN1C(=O)CCC1C. The van der Waals surface area contributed by atoms with Gasteiger partial charge in [0.15, 0.2) is 0 Å². The van der Waals surface area contributed by atoms with Gasteiger partial charge in [0.2, 0.25) is 5.91 Å². The molecule has 1 heterocycles. The Bertz CT molecular complexity index is 373. The summed E-state index contributed by atoms with van der Waals surface area (Å²) in [5.41, 5.74) is 2.53. The lowest BCUT2D eigenvalue weighted by Crippen LogP contribution is -2.30. The van der Waals surface area contributed by atoms with E-state index in [2.05, 4.69) is 26.0 Å². The minimum atomic E-state index is 0.297. The molecule has 0 aliphatic carbocycles. The van der Waals surface area contributed by atoms with E-state index < -0.39 is 0 Å². The van der Waals surface area contributed by atoms with Crippen molar-refractivity contribution in [3.63, 3.8) is 0 Å². The average Bonchev–Trinajstić information content (AvgIpc) is 2.53. The van der Waals surface area contributed by atoms with Crippen molar-refractivity contribution in [1.29, 1.82) is 0 Å². The lowest BCUT2D eigenvalue weighted by atomic mass is 10.1. The van der Waals surface area contributed by atoms with Crippen molar-refractivity contribution in [3.8, 4) is 0 Å². The monoisotopic (exact) mass is 203 g/mol. The zero-order chi connectivity index (χ0) is 10.8. The van der Waals surface area contributed by atoms with Crippen LogP contribution in [0.3, 0.4) is 0 Å². The molecule has 0 radical (unpaired) electrons. The maximum atomic E-state index is 11.6. The van der Waals surface area contributed by atoms with Crippen LogP contribution in [-0.4, -0.2) is 16.8 Å². The van der Waals surface area contributed by atoms with Crippen LogP contribution in [0, 0.1) is 6.92 Å². The minimum absolute atomic E-state index is 0.297. The molecule has 0 N–H and O–H groups in total. The summed E-state index contributed by atoms with van der Waals surface area (Å²) in [4.78, 5) is 13.6. The molecular formula is C13H17NO. The fourth-order valence-corrected chi connectivity index (χ4v) is 2.09. The Hall–Kier alpha value is -1.31. The second kappa shape index (κ2) is 4.05. The highest BCUT2D eigenvalue weighted by Crippen LogP contribution is 2.21. The molecule has 0 saturated carbocycles. The molecule has 1 aliphatic rings. The molecule has 15 heavy (non-hydrogen) atoms. The zero-order valence-electron chi connectivity index (χ0n) is 9.36. The van der Waals surface area contributed by atoms with Gasteiger partial charge in [-0.2, -0.15) is 0 Å². The first-order chi connectivity index (χ1) is 7.18. The van der Waals surface area contributed by atoms with Crippen LogP contribution >= 0.6 is 0 Å². The van der Waals surface area contributed by atoms with Crippen molar-refractivity contribution in [1.82, 2.24) is 4.90 Å². The van der Waals surface area contributed by atoms with Gasteiger partial charge in [0, 0.05) is 19.0 Å². The van der Waals surface area contributed by atoms with Crippen LogP contribution in [0.5, 0.6) is 0 Å². The summed E-state index contributed by atoms with van der Waals surface area (Å²) in [5, 5.41) is 0. The number of hydrogen-bond acceptors (Lipinski definition) is 1. The first-order valence-electron chi connectivity index (χ1n) is 5.52. The predicted molar refractivity (Wildman–Crippen MR) is 60.4 cm³/mol. The highest BCUT2D eigenvalue weighted by Gasteiger charge is 2.27. The van der Waals surface area contributed by atoms with Crippen molar-refractivity contribution >= 4 is 5.91 Å². The molecule has 1 saturated heterocycles. The van der Waals surface area contributed by atoms with Gasteiger partial charge < -0.3 is 4.90 Å². The normalized spacial score (nSPS) is 21.1. The van der Waals surface area contributed by atoms with E-state index in [1.807, 2.05) is 17.0 Å². The highest BCUT2D eigenvalue weighted by molar-refractivity contribution is 5.78. The first-order valence-corrected chi connectivity index (χ1v) is 5.52. The Morgan fingerprint density at radius 3 is 2.73 bits per heavy atom. The van der Waals surface area contributed by atoms with E-state index in [1.165, 1.54) is 11.1 Å². The molecule has 1 aromatic rings. The number of nitrogens with zero attached hydrogens (tertiary/aromatic N) is 1. The van der Waals surface area contributed by atoms with Gasteiger partial charge in [-0.1, -0.05) is 24.3 Å². The molecule has 80 valence electrons. The number of aryl methyl sites for hydroxylation is 1. The van der Waals surface area contributed by atoms with E-state index in [0.717, 1.165) is 13.0 Å². The molecule has 1 fully saturated rings. The lowest BCUT2D eigenvalue weighted by Gasteiger charge is -2.22. The van der Waals surface area contributed by atoms with Gasteiger partial charge in [0.05, 0.1) is 0 Å². The van der Waals surface area contributed by atoms with E-state index in [0.29, 0.717) is 18.4 Å². The topological polar surface area (TPSA) is 20.3 Å². The smallest absolute Gasteiger partial charge is 0.223 e. The number of carbonyl (C=O) groups excluding carboxylic acids is 1. The second-order valence-corrected chi connectivity index (χ2v) is 4.34. The fraction of sp³-hybridized carbons (Fsp3) is 0.462. The zero-order valence-corrected chi connectivity index (χ0v) is 9.36. The second-order valence-electron chi connectivity index (χ2n) is 4.34. The van der Waals surface area contributed by atoms with Crippen molar-refractivity contribution < 1.29 is 4.79 Å². The minimum Gasteiger partial charge on any atom is -0.336 e. The lowest BCUT2D eigenvalue weighted by molar-refractivity contribution is -0.129. The van der Waals surface area contributed by atoms with E-state index in [4.69, 9.17) is 0 Å². The Balaban J connectivity index is 2.15. The molecule has 0 spiro atoms. The van der Waals surface area contributed by atoms with Crippen LogP contribution in [0.2, 0.25) is 0 Å². The standard InChI is InChI=1S/C13H17NO/c1-10-5-3-4-6-12(10)9-14-11(2)7-8-13(14)15/h3-6,11H,7-9H2,1-2H3. The summed E-state index contributed by atoms with van der Waals surface area (Å²) in [6, 6.07) is 8.67. The first kappa shape index (κ1) is 10.2. The third-order valence-corrected chi connectivity index (χ3v) is 3.23. The van der Waals surface area contributed by atoms with Gasteiger partial charge >= 0.3 is 0 Å². The quantitative estimate of drug-likeness (QED) is 0.723. The number of carbonyl (C=O) groups is 1. The molecule has 1 unspecified atom stereocenters. The molecule has 1 atom stereocenters. The third kappa shape index (κ3) is 2.04. The molecule has 2 heteroatoms. The Kier molecular flexibility index (Phi) is 2.76. The van der Waals surface area contributed by atoms with Crippen molar-refractivity contribution in [2.45, 2.75) is 39.3 Å². The maximum absolute atomic E-state index is 11.6. The molecule has 1 amide bonds. The number of hydrogen-bond donors (Lipinski definition) is 0. The Morgan fingerprint density at radius 2 is 2.13 bits per heavy atom. The van der Waals surface area contributed by atoms with Crippen LogP contribution < -0.4 is 0 Å². The van der Waals surface area contributed by atoms with Crippen molar-refractivity contribution in [2.75, 3.05) is 0 Å². The third-order valence-electron chi connectivity index (χ3n) is 3.23. The van der Waals surface area contributed by atoms with Crippen LogP contribution in [0.4, 0.5) is 0 Å². The van der Waals surface area contributed by atoms with Gasteiger partial charge in [-0.3, -0.25) is 4.79 Å². The largest absolute Gasteiger partial charge is 0.336 e. The van der Waals surface area contributed by atoms with Crippen LogP contribution in [0.15, 0.2) is 24.3 Å². The van der Waals surface area contributed by atoms with Gasteiger partial charge in [-0.15, -0.1) is 0 Å². The van der Waals surface area contributed by atoms with Gasteiger partial charge in [0.25, 0.3) is 0 Å². The molecular weight excluding hydrogens is 186 g/mol. The summed E-state index contributed by atoms with van der Waals surface area (Å²) >= 11 is 0. The predicted octanol–water partition coefficient (Wildman–Crippen LogP) is 2.51. The average molecular weight is 203 g/mol. The summed E-state index contributed by atoms with van der Waals surface area (Å²) in [7, 11) is 0. The van der Waals surface area contributed by atoms with E-state index in [1.54, 1.807) is 0 Å². The van der Waals surface area contributed by atoms with Crippen molar-refractivity contribution in [2.24, 2.45) is 0 Å². The summed E-state index contributed by atoms with van der Waals surface area (Å²) in [5.74, 6) is 0.297. The van der Waals surface area contributed by atoms with Gasteiger partial charge in [0.1, 0.15) is 0 Å². The highest BCUT2D eigenvalue weighted by atomic mass is 16.2. The fourth-order valence-electron chi connectivity index (χ4n) is 2.09. The van der Waals surface area contributed by atoms with E-state index >= 15 is 0 Å². The Morgan fingerprint density at radius 1 is 1.40 bits per heavy atom. The molecule has 1 aromatic carbocycles. The van der Waals surface area contributed by atoms with Crippen LogP contribution in [-0.2, 0) is 11.3 Å². The number of rotatable bonds is 2. The maximum Gasteiger partial charge on any atom is 0.223 e. The molecule has 1 aliphatic heterocycles. The van der Waals surface area contributed by atoms with Gasteiger partial charge in [-0.25, -0.2) is 0 Å². The molecule has 0 bridgehead atoms. The molecule has 0 aromatic heterocycles. The summed E-state index contributed by atoms with van der Waals surface area (Å²) < 4.78 is 0. The summed E-state index contributed by atoms with van der Waals surface area (Å²) in [6.07, 6.45) is 1.72. The van der Waals surface area contributed by atoms with Crippen LogP contribution in [0.25, 0.3) is 0 Å². The molecule has 2 nitrogen and oxygen atoms in total. The van der Waals surface area contributed by atoms with Crippen molar-refractivity contribution in [3.05, 3.63) is 35.4 Å². The van der Waals surface area contributed by atoms with Crippen LogP contribution in [0.1, 0.15) is 30.9 Å². The summed E-state index contributed by atoms with van der Waals surface area (Å²) in [6.45, 7) is 5.00. The molecule has 2 rings (SSSR count). The van der Waals surface area contributed by atoms with E-state index in [-0.39, 0.29) is 0 Å². The van der Waals surface area contributed by atoms with Gasteiger partial charge in [-0.05, 0) is 31.4 Å². The number of amides is 1. The number of benzene rings is 1.